The Kier molecular flexibility index (Phi) is 10.3. The van der Waals surface area contributed by atoms with Crippen LogP contribution in [0.5, 0.6) is 23.0 Å². The van der Waals surface area contributed by atoms with Crippen LogP contribution in [0, 0.1) is 0 Å². The fourth-order valence-electron chi connectivity index (χ4n) is 2.87. The molecule has 0 spiro atoms. The number of ether oxygens (including phenoxy) is 4. The molecule has 0 saturated heterocycles. The molecular weight excluding hydrogens is 436 g/mol. The van der Waals surface area contributed by atoms with Crippen molar-refractivity contribution in [1.82, 2.24) is 0 Å². The third kappa shape index (κ3) is 6.74. The van der Waals surface area contributed by atoms with E-state index >= 15 is 0 Å². The van der Waals surface area contributed by atoms with E-state index in [0.29, 0.717) is 6.42 Å². The van der Waals surface area contributed by atoms with Crippen molar-refractivity contribution in [3.63, 3.8) is 0 Å². The monoisotopic (exact) mass is 464 g/mol. The van der Waals surface area contributed by atoms with Crippen LogP contribution in [-0.4, -0.2) is 46.7 Å². The molecule has 10 nitrogen and oxygen atoms in total. The van der Waals surface area contributed by atoms with Gasteiger partial charge in [0.25, 0.3) is 0 Å². The summed E-state index contributed by atoms with van der Waals surface area (Å²) < 4.78 is 20.8. The van der Waals surface area contributed by atoms with Crippen LogP contribution in [0.4, 0.5) is 0 Å². The number of unbranched alkanes of at least 4 members (excludes halogenated alkanes) is 1. The molecular formula is C23H28O10. The first-order chi connectivity index (χ1) is 16.0. The highest BCUT2D eigenvalue weighted by Gasteiger charge is 2.26. The molecule has 180 valence electrons. The predicted octanol–water partition coefficient (Wildman–Crippen LogP) is 4.11. The van der Waals surface area contributed by atoms with E-state index in [0.717, 1.165) is 6.42 Å². The van der Waals surface area contributed by atoms with E-state index in [1.165, 1.54) is 28.4 Å². The standard InChI is InChI=1S/C23H28O10/c1-6-7-14-19(30-32-22(24)20-15(26-2)10-8-11-16(20)27-3)31-33-23(25)21-17(28-4)12-9-13-18(21)29-5/h8-13,19H,6-7,14H2,1-5H3. The zero-order valence-corrected chi connectivity index (χ0v) is 19.2. The van der Waals surface area contributed by atoms with Crippen LogP contribution in [0.25, 0.3) is 0 Å². The summed E-state index contributed by atoms with van der Waals surface area (Å²) in [4.78, 5) is 45.4. The van der Waals surface area contributed by atoms with Crippen LogP contribution in [0.15, 0.2) is 36.4 Å². The van der Waals surface area contributed by atoms with Gasteiger partial charge in [-0.2, -0.15) is 0 Å². The highest BCUT2D eigenvalue weighted by Crippen LogP contribution is 2.30. The van der Waals surface area contributed by atoms with E-state index in [-0.39, 0.29) is 40.5 Å². The van der Waals surface area contributed by atoms with Gasteiger partial charge < -0.3 is 18.9 Å². The Morgan fingerprint density at radius 1 is 0.697 bits per heavy atom. The van der Waals surface area contributed by atoms with Crippen LogP contribution in [-0.2, 0) is 19.6 Å². The van der Waals surface area contributed by atoms with Crippen molar-refractivity contribution in [2.45, 2.75) is 32.5 Å². The van der Waals surface area contributed by atoms with Crippen molar-refractivity contribution in [2.75, 3.05) is 28.4 Å². The van der Waals surface area contributed by atoms with Gasteiger partial charge in [-0.1, -0.05) is 25.5 Å². The molecule has 0 unspecified atom stereocenters. The van der Waals surface area contributed by atoms with E-state index in [1.54, 1.807) is 36.4 Å². The number of carbonyl (C=O) groups excluding carboxylic acids is 2. The molecule has 0 heterocycles. The first-order valence-electron chi connectivity index (χ1n) is 10.2. The van der Waals surface area contributed by atoms with Gasteiger partial charge in [0.2, 0.25) is 6.29 Å². The average Bonchev–Trinajstić information content (AvgIpc) is 2.86. The Hall–Kier alpha value is -3.50. The second-order valence-electron chi connectivity index (χ2n) is 6.58. The first-order valence-corrected chi connectivity index (χ1v) is 10.2. The van der Waals surface area contributed by atoms with Crippen LogP contribution < -0.4 is 18.9 Å². The highest BCUT2D eigenvalue weighted by atomic mass is 17.3. The Bertz CT molecular complexity index is 811. The fraction of sp³-hybridized carbons (Fsp3) is 0.391. The molecule has 0 aromatic heterocycles. The summed E-state index contributed by atoms with van der Waals surface area (Å²) in [7, 11) is 5.63. The van der Waals surface area contributed by atoms with E-state index in [1.807, 2.05) is 6.92 Å². The third-order valence-corrected chi connectivity index (χ3v) is 4.52. The third-order valence-electron chi connectivity index (χ3n) is 4.52. The zero-order chi connectivity index (χ0) is 24.2. The van der Waals surface area contributed by atoms with Crippen molar-refractivity contribution in [3.8, 4) is 23.0 Å². The van der Waals surface area contributed by atoms with Crippen molar-refractivity contribution < 1.29 is 48.1 Å². The van der Waals surface area contributed by atoms with Crippen LogP contribution in [0.2, 0.25) is 0 Å². The molecule has 0 fully saturated rings. The quantitative estimate of drug-likeness (QED) is 0.244. The van der Waals surface area contributed by atoms with Gasteiger partial charge in [0, 0.05) is 6.42 Å². The van der Waals surface area contributed by atoms with Gasteiger partial charge in [-0.25, -0.2) is 9.59 Å². The van der Waals surface area contributed by atoms with Crippen LogP contribution >= 0.6 is 0 Å². The molecule has 33 heavy (non-hydrogen) atoms. The average molecular weight is 464 g/mol. The lowest BCUT2D eigenvalue weighted by Gasteiger charge is -2.17. The Morgan fingerprint density at radius 2 is 1.06 bits per heavy atom. The molecule has 0 aliphatic carbocycles. The van der Waals surface area contributed by atoms with Crippen molar-refractivity contribution in [2.24, 2.45) is 0 Å². The molecule has 2 aromatic carbocycles. The summed E-state index contributed by atoms with van der Waals surface area (Å²) in [6.07, 6.45) is 0.546. The molecule has 0 amide bonds. The minimum absolute atomic E-state index is 0.0347. The fourth-order valence-corrected chi connectivity index (χ4v) is 2.87. The van der Waals surface area contributed by atoms with Gasteiger partial charge in [-0.3, -0.25) is 9.78 Å². The van der Waals surface area contributed by atoms with Gasteiger partial charge >= 0.3 is 11.9 Å². The van der Waals surface area contributed by atoms with Crippen molar-refractivity contribution in [3.05, 3.63) is 47.5 Å². The highest BCUT2D eigenvalue weighted by molar-refractivity contribution is 5.96. The van der Waals surface area contributed by atoms with Crippen molar-refractivity contribution in [1.29, 1.82) is 0 Å². The molecule has 2 rings (SSSR count). The molecule has 2 aromatic rings. The van der Waals surface area contributed by atoms with E-state index < -0.39 is 18.2 Å². The molecule has 0 saturated carbocycles. The van der Waals surface area contributed by atoms with Gasteiger partial charge in [-0.15, -0.1) is 9.78 Å². The van der Waals surface area contributed by atoms with Gasteiger partial charge in [0.15, 0.2) is 0 Å². The van der Waals surface area contributed by atoms with Crippen molar-refractivity contribution >= 4 is 11.9 Å². The molecule has 0 aliphatic heterocycles. The summed E-state index contributed by atoms with van der Waals surface area (Å²) in [5.41, 5.74) is 0.0694. The van der Waals surface area contributed by atoms with Crippen LogP contribution in [0.1, 0.15) is 46.9 Å². The maximum Gasteiger partial charge on any atom is 0.380 e. The SMILES string of the molecule is CCCCC(OOC(=O)c1c(OC)cccc1OC)OOC(=O)c1c(OC)cccc1OC. The molecule has 0 atom stereocenters. The smallest absolute Gasteiger partial charge is 0.380 e. The number of hydrogen-bond acceptors (Lipinski definition) is 10. The molecule has 0 N–H and O–H groups in total. The second-order valence-corrected chi connectivity index (χ2v) is 6.58. The Balaban J connectivity index is 2.09. The summed E-state index contributed by atoms with van der Waals surface area (Å²) in [5, 5.41) is 0. The summed E-state index contributed by atoms with van der Waals surface area (Å²) in [6, 6.07) is 9.63. The predicted molar refractivity (Wildman–Crippen MR) is 115 cm³/mol. The Labute approximate surface area is 192 Å². The molecule has 0 aliphatic rings. The largest absolute Gasteiger partial charge is 0.496 e. The first kappa shape index (κ1) is 25.8. The summed E-state index contributed by atoms with van der Waals surface area (Å²) in [6.45, 7) is 1.95. The van der Waals surface area contributed by atoms with Gasteiger partial charge in [-0.05, 0) is 30.7 Å². The maximum atomic E-state index is 12.6. The number of carbonyl (C=O) groups is 2. The van der Waals surface area contributed by atoms with Gasteiger partial charge in [0.1, 0.15) is 34.1 Å². The number of benzene rings is 2. The lowest BCUT2D eigenvalue weighted by atomic mass is 10.2. The molecule has 0 bridgehead atoms. The van der Waals surface area contributed by atoms with E-state index in [2.05, 4.69) is 0 Å². The van der Waals surface area contributed by atoms with Gasteiger partial charge in [0.05, 0.1) is 28.4 Å². The zero-order valence-electron chi connectivity index (χ0n) is 19.2. The number of hydrogen-bond donors (Lipinski definition) is 0. The minimum Gasteiger partial charge on any atom is -0.496 e. The normalized spacial score (nSPS) is 10.5. The maximum absolute atomic E-state index is 12.6. The lowest BCUT2D eigenvalue weighted by Crippen LogP contribution is -2.23. The van der Waals surface area contributed by atoms with E-state index in [4.69, 9.17) is 38.5 Å². The summed E-state index contributed by atoms with van der Waals surface area (Å²) >= 11 is 0. The minimum atomic E-state index is -1.18. The van der Waals surface area contributed by atoms with E-state index in [9.17, 15) is 9.59 Å². The van der Waals surface area contributed by atoms with Crippen LogP contribution in [0.3, 0.4) is 0 Å². The number of methoxy groups -OCH3 is 4. The second kappa shape index (κ2) is 13.1. The number of rotatable bonds is 13. The lowest BCUT2D eigenvalue weighted by molar-refractivity contribution is -0.421. The summed E-state index contributed by atoms with van der Waals surface area (Å²) in [5.74, 6) is -0.779. The Morgan fingerprint density at radius 3 is 1.36 bits per heavy atom. The molecule has 0 radical (unpaired) electrons. The molecule has 10 heteroatoms. The topological polar surface area (TPSA) is 108 Å².